The molecule has 6 atom stereocenters. The van der Waals surface area contributed by atoms with Gasteiger partial charge in [-0.15, -0.1) is 0 Å². The highest BCUT2D eigenvalue weighted by molar-refractivity contribution is 6.91. The summed E-state index contributed by atoms with van der Waals surface area (Å²) in [4.78, 5) is 46.4. The van der Waals surface area contributed by atoms with Crippen molar-refractivity contribution in [2.24, 2.45) is 5.92 Å². The number of hydrogen-bond donors (Lipinski definition) is 3. The first-order chi connectivity index (χ1) is 28.0. The lowest BCUT2D eigenvalue weighted by Crippen LogP contribution is -2.52. The molecular weight excluding hydrogens is 749 g/mol. The second-order valence-electron chi connectivity index (χ2n) is 16.8. The molecule has 3 N–H and O–H groups in total. The van der Waals surface area contributed by atoms with E-state index >= 15 is 4.79 Å². The highest BCUT2D eigenvalue weighted by Crippen LogP contribution is 2.60. The normalized spacial score (nSPS) is 25.1. The summed E-state index contributed by atoms with van der Waals surface area (Å²) in [7, 11) is 0.724. The van der Waals surface area contributed by atoms with Crippen LogP contribution in [-0.4, -0.2) is 81.4 Å². The topological polar surface area (TPSA) is 130 Å². The average Bonchev–Trinajstić information content (AvgIpc) is 3.95. The van der Waals surface area contributed by atoms with Crippen LogP contribution in [0.3, 0.4) is 0 Å². The van der Waals surface area contributed by atoms with Crippen LogP contribution in [0.5, 0.6) is 11.5 Å². The molecule has 4 aromatic rings. The zero-order valence-corrected chi connectivity index (χ0v) is 35.0. The lowest BCUT2D eigenvalue weighted by molar-refractivity contribution is -0.151. The minimum atomic E-state index is -2.54. The molecule has 1 spiro atoms. The number of methoxy groups -OCH3 is 2. The summed E-state index contributed by atoms with van der Waals surface area (Å²) in [6.45, 7) is 8.11. The summed E-state index contributed by atoms with van der Waals surface area (Å²) in [5.74, 6) is 0.731. The Kier molecular flexibility index (Phi) is 11.0. The van der Waals surface area contributed by atoms with E-state index in [-0.39, 0.29) is 60.8 Å². The van der Waals surface area contributed by atoms with Crippen molar-refractivity contribution in [3.05, 3.63) is 113 Å². The molecule has 0 aromatic heterocycles. The quantitative estimate of drug-likeness (QED) is 0.170. The van der Waals surface area contributed by atoms with E-state index in [1.165, 1.54) is 5.19 Å². The maximum Gasteiger partial charge on any atom is 0.264 e. The molecule has 4 heterocycles. The van der Waals surface area contributed by atoms with Crippen molar-refractivity contribution in [2.75, 3.05) is 37.6 Å². The van der Waals surface area contributed by atoms with Crippen LogP contribution in [0.15, 0.2) is 91.0 Å². The summed E-state index contributed by atoms with van der Waals surface area (Å²) >= 11 is 0. The van der Waals surface area contributed by atoms with Crippen LogP contribution in [-0.2, 0) is 44.2 Å². The number of aliphatic hydroxyl groups excluding tert-OH is 1. The minimum Gasteiger partial charge on any atom is -0.497 e. The molecule has 4 aliphatic heterocycles. The van der Waals surface area contributed by atoms with Crippen LogP contribution >= 0.6 is 0 Å². The Bertz CT molecular complexity index is 2170. The van der Waals surface area contributed by atoms with Gasteiger partial charge in [-0.1, -0.05) is 73.7 Å². The Morgan fingerprint density at radius 2 is 1.67 bits per heavy atom. The Balaban J connectivity index is 1.14. The van der Waals surface area contributed by atoms with Gasteiger partial charge in [0.25, 0.3) is 5.91 Å². The van der Waals surface area contributed by atoms with Crippen LogP contribution in [0.2, 0.25) is 18.6 Å². The summed E-state index contributed by atoms with van der Waals surface area (Å²) in [5.41, 5.74) is 3.74. The van der Waals surface area contributed by atoms with E-state index in [0.717, 1.165) is 53.1 Å². The fourth-order valence-electron chi connectivity index (χ4n) is 10.1. The first-order valence-corrected chi connectivity index (χ1v) is 23.5. The van der Waals surface area contributed by atoms with Crippen molar-refractivity contribution in [2.45, 2.75) is 88.1 Å². The van der Waals surface area contributed by atoms with E-state index < -0.39 is 19.8 Å². The van der Waals surface area contributed by atoms with Gasteiger partial charge in [-0.2, -0.15) is 0 Å². The minimum absolute atomic E-state index is 0.0437. The number of nitrogens with one attached hydrogen (secondary N) is 2. The Morgan fingerprint density at radius 3 is 2.34 bits per heavy atom. The van der Waals surface area contributed by atoms with Crippen LogP contribution in [0.4, 0.5) is 11.4 Å². The number of anilines is 2. The van der Waals surface area contributed by atoms with Gasteiger partial charge in [-0.25, -0.2) is 0 Å². The monoisotopic (exact) mass is 802 g/mol. The van der Waals surface area contributed by atoms with Crippen molar-refractivity contribution < 1.29 is 33.7 Å². The summed E-state index contributed by atoms with van der Waals surface area (Å²) in [6.07, 6.45) is 1.85. The molecule has 0 radical (unpaired) electrons. The Hall–Kier alpha value is -5.01. The second-order valence-corrected chi connectivity index (χ2v) is 21.5. The Labute approximate surface area is 341 Å². The summed E-state index contributed by atoms with van der Waals surface area (Å²) in [5, 5.41) is 17.9. The van der Waals surface area contributed by atoms with Crippen LogP contribution in [0, 0.1) is 5.92 Å². The van der Waals surface area contributed by atoms with Crippen molar-refractivity contribution in [3.8, 4) is 11.5 Å². The zero-order chi connectivity index (χ0) is 40.8. The largest absolute Gasteiger partial charge is 0.497 e. The van der Waals surface area contributed by atoms with Gasteiger partial charge in [0, 0.05) is 23.7 Å². The predicted molar refractivity (Wildman–Crippen MR) is 226 cm³/mol. The maximum atomic E-state index is 15.4. The molecule has 304 valence electrons. The summed E-state index contributed by atoms with van der Waals surface area (Å²) in [6, 6.07) is 29.1. The molecule has 11 nitrogen and oxygen atoms in total. The van der Waals surface area contributed by atoms with Crippen LogP contribution in [0.1, 0.15) is 48.4 Å². The van der Waals surface area contributed by atoms with Crippen molar-refractivity contribution in [1.82, 2.24) is 10.2 Å². The number of fused-ring (bicyclic) bond motifs is 3. The standard InChI is InChI=1S/C46H54N4O7Si/c1-29-43(58(4,5)37-19-16-35(55-2)17-20-37)41(25-42(52)49-27-32-10-7-6-9-31(32)23-34(49)28-51)57-46(29)38-24-36(56-3)18-21-40(38)50(45(46)54)26-30-12-14-33(15-13-30)48-44(53)39-11-8-22-47-39/h6-7,9-10,12-21,24,29,34,39,41,43,47,51H,8,11,22-23,25-28H2,1-5H3,(H,48,53)/t29-,34+,39-,41+,43-,46+/m1/s1. The van der Waals surface area contributed by atoms with E-state index in [4.69, 9.17) is 14.2 Å². The van der Waals surface area contributed by atoms with Crippen LogP contribution in [0.25, 0.3) is 0 Å². The molecule has 58 heavy (non-hydrogen) atoms. The fourth-order valence-corrected chi connectivity index (χ4v) is 14.1. The van der Waals surface area contributed by atoms with Crippen molar-refractivity contribution >= 4 is 42.4 Å². The predicted octanol–water partition coefficient (Wildman–Crippen LogP) is 5.49. The number of nitrogens with zero attached hydrogens (tertiary/aromatic N) is 2. The molecule has 0 unspecified atom stereocenters. The van der Waals surface area contributed by atoms with Gasteiger partial charge in [0.05, 0.1) is 65.7 Å². The smallest absolute Gasteiger partial charge is 0.264 e. The van der Waals surface area contributed by atoms with E-state index in [0.29, 0.717) is 24.4 Å². The van der Waals surface area contributed by atoms with Gasteiger partial charge in [0.1, 0.15) is 11.5 Å². The molecule has 2 fully saturated rings. The lowest BCUT2D eigenvalue weighted by Gasteiger charge is -2.39. The third-order valence-corrected chi connectivity index (χ3v) is 17.6. The number of ether oxygens (including phenoxy) is 3. The number of rotatable bonds is 11. The van der Waals surface area contributed by atoms with Gasteiger partial charge in [-0.3, -0.25) is 14.4 Å². The molecular formula is C46H54N4O7Si. The lowest BCUT2D eigenvalue weighted by atomic mass is 9.82. The number of aliphatic hydroxyl groups is 1. The first-order valence-electron chi connectivity index (χ1n) is 20.4. The molecule has 0 aliphatic carbocycles. The summed E-state index contributed by atoms with van der Waals surface area (Å²) < 4.78 is 18.6. The average molecular weight is 803 g/mol. The van der Waals surface area contributed by atoms with E-state index in [1.807, 2.05) is 72.8 Å². The molecule has 2 saturated heterocycles. The van der Waals surface area contributed by atoms with E-state index in [9.17, 15) is 14.7 Å². The maximum absolute atomic E-state index is 15.4. The number of carbonyl (C=O) groups excluding carboxylic acids is 3. The Morgan fingerprint density at radius 1 is 0.966 bits per heavy atom. The third-order valence-electron chi connectivity index (χ3n) is 13.2. The number of amides is 3. The third kappa shape index (κ3) is 6.99. The number of carbonyl (C=O) groups is 3. The van der Waals surface area contributed by atoms with Gasteiger partial charge in [0.2, 0.25) is 11.8 Å². The number of hydrogen-bond acceptors (Lipinski definition) is 8. The van der Waals surface area contributed by atoms with Gasteiger partial charge < -0.3 is 39.8 Å². The molecule has 8 rings (SSSR count). The number of benzene rings is 4. The van der Waals surface area contributed by atoms with Crippen molar-refractivity contribution in [3.63, 3.8) is 0 Å². The SMILES string of the molecule is COc1ccc([Si](C)(C)[C@H]2[C@H](CC(=O)N3Cc4ccccc4C[C@H]3CO)O[C@@]3(C(=O)N(Cc4ccc(NC(=O)[C@H]5CCCN5)cc4)c4ccc(OC)cc43)[C@@H]2C)cc1. The van der Waals surface area contributed by atoms with Gasteiger partial charge in [-0.05, 0) is 90.5 Å². The molecule has 4 aliphatic rings. The van der Waals surface area contributed by atoms with Crippen LogP contribution < -0.4 is 30.2 Å². The van der Waals surface area contributed by atoms with Gasteiger partial charge in [0.15, 0.2) is 5.60 Å². The zero-order valence-electron chi connectivity index (χ0n) is 34.0. The van der Waals surface area contributed by atoms with E-state index in [1.54, 1.807) is 24.0 Å². The highest BCUT2D eigenvalue weighted by Gasteiger charge is 2.66. The second kappa shape index (κ2) is 16.0. The van der Waals surface area contributed by atoms with Crippen molar-refractivity contribution in [1.29, 1.82) is 0 Å². The molecule has 12 heteroatoms. The van der Waals surface area contributed by atoms with E-state index in [2.05, 4.69) is 48.9 Å². The molecule has 0 bridgehead atoms. The molecule has 0 saturated carbocycles. The molecule has 4 aromatic carbocycles. The van der Waals surface area contributed by atoms with Gasteiger partial charge >= 0.3 is 0 Å². The first kappa shape index (κ1) is 39.8. The highest BCUT2D eigenvalue weighted by atomic mass is 28.3. The fraction of sp³-hybridized carbons (Fsp3) is 0.413. The molecule has 3 amide bonds.